The molecule has 0 amide bonds. The van der Waals surface area contributed by atoms with Gasteiger partial charge in [0.2, 0.25) is 0 Å². The number of nitrogens with zero attached hydrogens (tertiary/aromatic N) is 2. The Labute approximate surface area is 111 Å². The number of hydrogen-bond donors (Lipinski definition) is 1. The number of aliphatic hydroxyl groups excluding tert-OH is 1. The SMILES string of the molecule is Cc1cc(C#CCO)ccc1OCc1nonc1C. The highest BCUT2D eigenvalue weighted by atomic mass is 16.6. The van der Waals surface area contributed by atoms with Crippen molar-refractivity contribution >= 4 is 0 Å². The number of aliphatic hydroxyl groups is 1. The van der Waals surface area contributed by atoms with Crippen LogP contribution in [0.15, 0.2) is 22.8 Å². The van der Waals surface area contributed by atoms with Crippen LogP contribution < -0.4 is 4.74 Å². The van der Waals surface area contributed by atoms with Crippen molar-refractivity contribution in [3.05, 3.63) is 40.7 Å². The summed E-state index contributed by atoms with van der Waals surface area (Å²) in [4.78, 5) is 0. The molecule has 0 fully saturated rings. The van der Waals surface area contributed by atoms with E-state index in [1.54, 1.807) is 0 Å². The van der Waals surface area contributed by atoms with Gasteiger partial charge in [-0.25, -0.2) is 4.63 Å². The van der Waals surface area contributed by atoms with E-state index in [-0.39, 0.29) is 6.61 Å². The van der Waals surface area contributed by atoms with Crippen molar-refractivity contribution in [3.8, 4) is 17.6 Å². The lowest BCUT2D eigenvalue weighted by molar-refractivity contribution is 0.269. The molecule has 19 heavy (non-hydrogen) atoms. The monoisotopic (exact) mass is 258 g/mol. The third kappa shape index (κ3) is 3.33. The first kappa shape index (κ1) is 13.1. The molecule has 98 valence electrons. The molecule has 0 atom stereocenters. The summed E-state index contributed by atoms with van der Waals surface area (Å²) in [6, 6.07) is 5.60. The van der Waals surface area contributed by atoms with Crippen molar-refractivity contribution in [2.24, 2.45) is 0 Å². The third-order valence-corrected chi connectivity index (χ3v) is 2.60. The second-order valence-corrected chi connectivity index (χ2v) is 4.03. The summed E-state index contributed by atoms with van der Waals surface area (Å²) in [6.07, 6.45) is 0. The lowest BCUT2D eigenvalue weighted by Gasteiger charge is -2.07. The van der Waals surface area contributed by atoms with Crippen LogP contribution in [0.3, 0.4) is 0 Å². The smallest absolute Gasteiger partial charge is 0.145 e. The summed E-state index contributed by atoms with van der Waals surface area (Å²) in [6.45, 7) is 3.93. The summed E-state index contributed by atoms with van der Waals surface area (Å²) >= 11 is 0. The van der Waals surface area contributed by atoms with Gasteiger partial charge < -0.3 is 9.84 Å². The van der Waals surface area contributed by atoms with Crippen LogP contribution in [-0.4, -0.2) is 22.0 Å². The minimum Gasteiger partial charge on any atom is -0.487 e. The molecule has 1 aromatic heterocycles. The molecule has 5 heteroatoms. The Hall–Kier alpha value is -2.32. The molecule has 0 bridgehead atoms. The first-order valence-corrected chi connectivity index (χ1v) is 5.82. The van der Waals surface area contributed by atoms with Crippen molar-refractivity contribution in [1.82, 2.24) is 10.3 Å². The molecule has 0 spiro atoms. The van der Waals surface area contributed by atoms with Gasteiger partial charge >= 0.3 is 0 Å². The Morgan fingerprint density at radius 3 is 2.79 bits per heavy atom. The molecule has 1 aromatic carbocycles. The van der Waals surface area contributed by atoms with E-state index >= 15 is 0 Å². The Morgan fingerprint density at radius 1 is 1.32 bits per heavy atom. The minimum absolute atomic E-state index is 0.143. The molecule has 0 aliphatic carbocycles. The van der Waals surface area contributed by atoms with E-state index in [9.17, 15) is 0 Å². The Balaban J connectivity index is 2.07. The number of aromatic nitrogens is 2. The average molecular weight is 258 g/mol. The fraction of sp³-hybridized carbons (Fsp3) is 0.286. The van der Waals surface area contributed by atoms with E-state index in [4.69, 9.17) is 9.84 Å². The molecule has 0 aliphatic heterocycles. The van der Waals surface area contributed by atoms with Crippen LogP contribution in [0.25, 0.3) is 0 Å². The van der Waals surface area contributed by atoms with E-state index < -0.39 is 0 Å². The number of benzene rings is 1. The molecule has 0 aliphatic rings. The second-order valence-electron chi connectivity index (χ2n) is 4.03. The maximum Gasteiger partial charge on any atom is 0.145 e. The summed E-state index contributed by atoms with van der Waals surface area (Å²) in [5, 5.41) is 16.1. The predicted molar refractivity (Wildman–Crippen MR) is 68.5 cm³/mol. The maximum absolute atomic E-state index is 8.65. The van der Waals surface area contributed by atoms with E-state index in [2.05, 4.69) is 26.8 Å². The molecular formula is C14H14N2O3. The maximum atomic E-state index is 8.65. The quantitative estimate of drug-likeness (QED) is 0.847. The van der Waals surface area contributed by atoms with Crippen LogP contribution in [-0.2, 0) is 6.61 Å². The highest BCUT2D eigenvalue weighted by molar-refractivity contribution is 5.43. The molecule has 2 aromatic rings. The number of ether oxygens (including phenoxy) is 1. The van der Waals surface area contributed by atoms with E-state index in [0.29, 0.717) is 12.3 Å². The largest absolute Gasteiger partial charge is 0.487 e. The fourth-order valence-corrected chi connectivity index (χ4v) is 1.56. The zero-order valence-electron chi connectivity index (χ0n) is 10.8. The van der Waals surface area contributed by atoms with Gasteiger partial charge in [-0.05, 0) is 37.6 Å². The van der Waals surface area contributed by atoms with Gasteiger partial charge in [-0.2, -0.15) is 0 Å². The Kier molecular flexibility index (Phi) is 4.16. The number of hydrogen-bond acceptors (Lipinski definition) is 5. The minimum atomic E-state index is -0.143. The molecule has 1 heterocycles. The lowest BCUT2D eigenvalue weighted by Crippen LogP contribution is -1.99. The molecule has 1 N–H and O–H groups in total. The highest BCUT2D eigenvalue weighted by Crippen LogP contribution is 2.20. The molecule has 0 saturated heterocycles. The zero-order valence-corrected chi connectivity index (χ0v) is 10.8. The van der Waals surface area contributed by atoms with Crippen molar-refractivity contribution in [2.45, 2.75) is 20.5 Å². The summed E-state index contributed by atoms with van der Waals surface area (Å²) in [5.41, 5.74) is 3.23. The Morgan fingerprint density at radius 2 is 2.16 bits per heavy atom. The predicted octanol–water partition coefficient (Wildman–Crippen LogP) is 1.61. The topological polar surface area (TPSA) is 68.4 Å². The van der Waals surface area contributed by atoms with Gasteiger partial charge in [0, 0.05) is 5.56 Å². The highest BCUT2D eigenvalue weighted by Gasteiger charge is 2.07. The van der Waals surface area contributed by atoms with Gasteiger partial charge in [0.1, 0.15) is 30.4 Å². The standard InChI is InChI=1S/C14H14N2O3/c1-10-8-12(4-3-7-17)5-6-14(10)18-9-13-11(2)15-19-16-13/h5-6,8,17H,7,9H2,1-2H3. The Bertz CT molecular complexity index is 623. The van der Waals surface area contributed by atoms with Crippen molar-refractivity contribution in [2.75, 3.05) is 6.61 Å². The molecular weight excluding hydrogens is 244 g/mol. The zero-order chi connectivity index (χ0) is 13.7. The van der Waals surface area contributed by atoms with Crippen LogP contribution in [0.1, 0.15) is 22.5 Å². The van der Waals surface area contributed by atoms with Crippen LogP contribution >= 0.6 is 0 Å². The molecule has 2 rings (SSSR count). The van der Waals surface area contributed by atoms with Crippen LogP contribution in [0.2, 0.25) is 0 Å². The van der Waals surface area contributed by atoms with Gasteiger partial charge in [0.25, 0.3) is 0 Å². The average Bonchev–Trinajstić information content (AvgIpc) is 2.81. The summed E-state index contributed by atoms with van der Waals surface area (Å²) in [5.74, 6) is 6.22. The molecule has 0 unspecified atom stereocenters. The summed E-state index contributed by atoms with van der Waals surface area (Å²) in [7, 11) is 0. The van der Waals surface area contributed by atoms with Crippen LogP contribution in [0.5, 0.6) is 5.75 Å². The van der Waals surface area contributed by atoms with Gasteiger partial charge in [-0.1, -0.05) is 22.2 Å². The van der Waals surface area contributed by atoms with Gasteiger partial charge in [0.15, 0.2) is 0 Å². The first-order valence-electron chi connectivity index (χ1n) is 5.82. The molecule has 0 radical (unpaired) electrons. The van der Waals surface area contributed by atoms with Crippen LogP contribution in [0, 0.1) is 25.7 Å². The number of rotatable bonds is 3. The molecule has 5 nitrogen and oxygen atoms in total. The van der Waals surface area contributed by atoms with E-state index in [1.807, 2.05) is 32.0 Å². The van der Waals surface area contributed by atoms with Crippen molar-refractivity contribution < 1.29 is 14.5 Å². The number of aryl methyl sites for hydroxylation is 2. The third-order valence-electron chi connectivity index (χ3n) is 2.60. The van der Waals surface area contributed by atoms with Crippen LogP contribution in [0.4, 0.5) is 0 Å². The van der Waals surface area contributed by atoms with E-state index in [0.717, 1.165) is 22.6 Å². The van der Waals surface area contributed by atoms with Crippen molar-refractivity contribution in [3.63, 3.8) is 0 Å². The normalized spacial score (nSPS) is 9.84. The van der Waals surface area contributed by atoms with E-state index in [1.165, 1.54) is 0 Å². The molecule has 0 saturated carbocycles. The first-order chi connectivity index (χ1) is 9.20. The fourth-order valence-electron chi connectivity index (χ4n) is 1.56. The summed E-state index contributed by atoms with van der Waals surface area (Å²) < 4.78 is 10.3. The lowest BCUT2D eigenvalue weighted by atomic mass is 10.1. The van der Waals surface area contributed by atoms with Gasteiger partial charge in [0.05, 0.1) is 0 Å². The second kappa shape index (κ2) is 6.03. The van der Waals surface area contributed by atoms with Gasteiger partial charge in [-0.15, -0.1) is 0 Å². The van der Waals surface area contributed by atoms with Gasteiger partial charge in [-0.3, -0.25) is 0 Å². The van der Waals surface area contributed by atoms with Crippen molar-refractivity contribution in [1.29, 1.82) is 0 Å².